The zero-order valence-electron chi connectivity index (χ0n) is 18.3. The highest BCUT2D eigenvalue weighted by atomic mass is 16.1. The van der Waals surface area contributed by atoms with Crippen molar-refractivity contribution in [3.05, 3.63) is 23.8 Å². The van der Waals surface area contributed by atoms with Crippen LogP contribution in [-0.4, -0.2) is 36.4 Å². The van der Waals surface area contributed by atoms with Crippen LogP contribution in [0.2, 0.25) is 0 Å². The monoisotopic (exact) mass is 436 g/mol. The first-order chi connectivity index (χ1) is 15.6. The maximum absolute atomic E-state index is 10.2. The van der Waals surface area contributed by atoms with Crippen molar-refractivity contribution < 1.29 is 19.2 Å². The summed E-state index contributed by atoms with van der Waals surface area (Å²) in [6.07, 6.45) is 16.5. The highest BCUT2D eigenvalue weighted by Crippen LogP contribution is 2.36. The molecule has 1 aromatic carbocycles. The van der Waals surface area contributed by atoms with E-state index in [1.165, 1.54) is 44.3 Å². The second-order valence-corrected chi connectivity index (χ2v) is 8.35. The molecular weight excluding hydrogens is 408 g/mol. The minimum Gasteiger partial charge on any atom is -0.211 e. The Bertz CT molecular complexity index is 864. The van der Waals surface area contributed by atoms with E-state index in [-0.39, 0.29) is 12.1 Å². The summed E-state index contributed by atoms with van der Waals surface area (Å²) in [6.45, 7) is 1.71. The molecule has 1 aromatic rings. The van der Waals surface area contributed by atoms with Crippen LogP contribution in [0.4, 0.5) is 11.4 Å². The van der Waals surface area contributed by atoms with Crippen LogP contribution in [0.15, 0.2) is 38.2 Å². The Kier molecular flexibility index (Phi) is 10.9. The lowest BCUT2D eigenvalue weighted by molar-refractivity contribution is 0.226. The summed E-state index contributed by atoms with van der Waals surface area (Å²) in [5, 5.41) is 0. The van der Waals surface area contributed by atoms with Crippen LogP contribution < -0.4 is 0 Å². The molecule has 0 amide bonds. The van der Waals surface area contributed by atoms with Crippen LogP contribution in [0.1, 0.15) is 63.4 Å². The van der Waals surface area contributed by atoms with E-state index >= 15 is 0 Å². The molecule has 8 heteroatoms. The van der Waals surface area contributed by atoms with E-state index in [1.54, 1.807) is 37.3 Å². The van der Waals surface area contributed by atoms with Gasteiger partial charge in [0.1, 0.15) is 0 Å². The summed E-state index contributed by atoms with van der Waals surface area (Å²) >= 11 is 0. The standard InChI is InChI=1S/C15H22N2O2.C9H6N2O2/c18-10-16-14-5-1-12(2-6-14)9-13-3-7-15(8-4-13)17-11-19;1-7-8(10-5-12)3-2-4-9(7)11-6-13/h12-15H,1-9H2;2-4H,1H3. The van der Waals surface area contributed by atoms with Gasteiger partial charge in [-0.1, -0.05) is 6.07 Å². The van der Waals surface area contributed by atoms with Crippen molar-refractivity contribution >= 4 is 35.7 Å². The molecule has 0 atom stereocenters. The first-order valence-electron chi connectivity index (χ1n) is 11.0. The fourth-order valence-corrected chi connectivity index (χ4v) is 4.59. The number of isocyanates is 4. The number of hydrogen-bond acceptors (Lipinski definition) is 8. The Morgan fingerprint density at radius 3 is 1.44 bits per heavy atom. The van der Waals surface area contributed by atoms with Crippen molar-refractivity contribution in [2.45, 2.75) is 76.8 Å². The summed E-state index contributed by atoms with van der Waals surface area (Å²) in [6, 6.07) is 5.39. The first-order valence-corrected chi connectivity index (χ1v) is 11.0. The van der Waals surface area contributed by atoms with Crippen LogP contribution >= 0.6 is 0 Å². The predicted octanol–water partition coefficient (Wildman–Crippen LogP) is 5.10. The summed E-state index contributed by atoms with van der Waals surface area (Å²) < 4.78 is 0. The molecule has 0 unspecified atom stereocenters. The number of nitrogens with zero attached hydrogens (tertiary/aromatic N) is 4. The molecule has 3 rings (SSSR count). The molecule has 0 heterocycles. The fraction of sp³-hybridized carbons (Fsp3) is 0.583. The molecule has 8 nitrogen and oxygen atoms in total. The SMILES string of the molecule is Cc1c(N=C=O)cccc1N=C=O.O=C=NC1CCC(CC2CCC(N=C=O)CC2)CC1. The second-order valence-electron chi connectivity index (χ2n) is 8.35. The van der Waals surface area contributed by atoms with Gasteiger partial charge >= 0.3 is 0 Å². The molecule has 168 valence electrons. The molecule has 0 spiro atoms. The van der Waals surface area contributed by atoms with E-state index in [4.69, 9.17) is 0 Å². The van der Waals surface area contributed by atoms with Gasteiger partial charge in [-0.25, -0.2) is 29.2 Å². The van der Waals surface area contributed by atoms with Gasteiger partial charge in [-0.3, -0.25) is 0 Å². The molecule has 2 aliphatic rings. The summed E-state index contributed by atoms with van der Waals surface area (Å²) in [4.78, 5) is 55.0. The van der Waals surface area contributed by atoms with Crippen molar-refractivity contribution in [1.29, 1.82) is 0 Å². The van der Waals surface area contributed by atoms with E-state index in [0.717, 1.165) is 37.5 Å². The van der Waals surface area contributed by atoms with Crippen LogP contribution in [0.5, 0.6) is 0 Å². The number of hydrogen-bond donors (Lipinski definition) is 0. The topological polar surface area (TPSA) is 118 Å². The van der Waals surface area contributed by atoms with Crippen LogP contribution in [0, 0.1) is 18.8 Å². The lowest BCUT2D eigenvalue weighted by atomic mass is 9.76. The second kappa shape index (κ2) is 13.9. The number of rotatable bonds is 6. The van der Waals surface area contributed by atoms with Gasteiger partial charge in [-0.15, -0.1) is 0 Å². The largest absolute Gasteiger partial charge is 0.240 e. The van der Waals surface area contributed by atoms with Crippen molar-refractivity contribution in [3.63, 3.8) is 0 Å². The van der Waals surface area contributed by atoms with E-state index in [0.29, 0.717) is 16.9 Å². The van der Waals surface area contributed by atoms with E-state index in [9.17, 15) is 19.2 Å². The van der Waals surface area contributed by atoms with Gasteiger partial charge in [0, 0.05) is 5.56 Å². The lowest BCUT2D eigenvalue weighted by Gasteiger charge is -2.31. The normalized spacial score (nSPS) is 24.2. The van der Waals surface area contributed by atoms with Gasteiger partial charge in [-0.05, 0) is 88.7 Å². The van der Waals surface area contributed by atoms with Gasteiger partial charge in [0.05, 0.1) is 23.5 Å². The van der Waals surface area contributed by atoms with Crippen LogP contribution in [0.25, 0.3) is 0 Å². The maximum Gasteiger partial charge on any atom is 0.240 e. The average molecular weight is 437 g/mol. The minimum absolute atomic E-state index is 0.228. The smallest absolute Gasteiger partial charge is 0.211 e. The van der Waals surface area contributed by atoms with Crippen molar-refractivity contribution in [2.75, 3.05) is 0 Å². The predicted molar refractivity (Wildman–Crippen MR) is 119 cm³/mol. The Morgan fingerprint density at radius 1 is 0.688 bits per heavy atom. The zero-order valence-corrected chi connectivity index (χ0v) is 18.3. The Balaban J connectivity index is 0.000000244. The Hall–Kier alpha value is -3.26. The summed E-state index contributed by atoms with van der Waals surface area (Å²) in [5.74, 6) is 1.60. The molecule has 32 heavy (non-hydrogen) atoms. The van der Waals surface area contributed by atoms with Crippen molar-refractivity contribution in [3.8, 4) is 0 Å². The van der Waals surface area contributed by atoms with Gasteiger partial charge in [0.2, 0.25) is 24.3 Å². The molecule has 2 aliphatic carbocycles. The molecule has 0 saturated heterocycles. The molecule has 0 aliphatic heterocycles. The lowest BCUT2D eigenvalue weighted by Crippen LogP contribution is -2.23. The Labute approximate surface area is 187 Å². The van der Waals surface area contributed by atoms with Gasteiger partial charge in [0.25, 0.3) is 0 Å². The van der Waals surface area contributed by atoms with Gasteiger partial charge < -0.3 is 0 Å². The first kappa shape index (κ1) is 25.0. The molecule has 0 N–H and O–H groups in total. The van der Waals surface area contributed by atoms with E-state index in [1.807, 2.05) is 0 Å². The summed E-state index contributed by atoms with van der Waals surface area (Å²) in [5.41, 5.74) is 1.59. The fourth-order valence-electron chi connectivity index (χ4n) is 4.59. The summed E-state index contributed by atoms with van der Waals surface area (Å²) in [7, 11) is 0. The number of carbonyl (C=O) groups excluding carboxylic acids is 4. The third-order valence-electron chi connectivity index (χ3n) is 6.38. The number of aliphatic imine (C=N–C) groups is 4. The zero-order chi connectivity index (χ0) is 23.2. The van der Waals surface area contributed by atoms with Gasteiger partial charge in [0.15, 0.2) is 0 Å². The van der Waals surface area contributed by atoms with Crippen LogP contribution in [-0.2, 0) is 19.2 Å². The molecule has 0 radical (unpaired) electrons. The number of benzene rings is 1. The quantitative estimate of drug-likeness (QED) is 0.455. The highest BCUT2D eigenvalue weighted by molar-refractivity contribution is 5.64. The highest BCUT2D eigenvalue weighted by Gasteiger charge is 2.26. The molecule has 0 bridgehead atoms. The van der Waals surface area contributed by atoms with Crippen molar-refractivity contribution in [1.82, 2.24) is 0 Å². The Morgan fingerprint density at radius 2 is 1.09 bits per heavy atom. The average Bonchev–Trinajstić information content (AvgIpc) is 2.80. The maximum atomic E-state index is 10.2. The van der Waals surface area contributed by atoms with E-state index in [2.05, 4.69) is 20.0 Å². The minimum atomic E-state index is 0.228. The van der Waals surface area contributed by atoms with Gasteiger partial charge in [-0.2, -0.15) is 9.98 Å². The third kappa shape index (κ3) is 8.11. The molecular formula is C24H28N4O4. The molecule has 2 fully saturated rings. The molecule has 2 saturated carbocycles. The third-order valence-corrected chi connectivity index (χ3v) is 6.38. The van der Waals surface area contributed by atoms with Crippen molar-refractivity contribution in [2.24, 2.45) is 31.8 Å². The van der Waals surface area contributed by atoms with E-state index < -0.39 is 0 Å². The molecule has 0 aromatic heterocycles. The van der Waals surface area contributed by atoms with Crippen LogP contribution in [0.3, 0.4) is 0 Å².